The first-order valence-corrected chi connectivity index (χ1v) is 21.7. The maximum Gasteiger partial charge on any atom is 0.264 e. The van der Waals surface area contributed by atoms with Crippen LogP contribution in [0.2, 0.25) is 0 Å². The molecule has 4 N–H and O–H groups in total. The van der Waals surface area contributed by atoms with Crippen molar-refractivity contribution in [3.05, 3.63) is 52.6 Å². The predicted octanol–water partition coefficient (Wildman–Crippen LogP) is 6.88. The minimum absolute atomic E-state index is 0.00506. The van der Waals surface area contributed by atoms with E-state index in [1.807, 2.05) is 32.1 Å². The third-order valence-corrected chi connectivity index (χ3v) is 15.8. The number of benzene rings is 1. The van der Waals surface area contributed by atoms with Crippen molar-refractivity contribution in [2.24, 2.45) is 35.0 Å². The molecule has 10 heteroatoms. The number of hydrogen-bond donors (Lipinski definition) is 4. The molecule has 5 aliphatic rings. The normalized spacial score (nSPS) is 37.4. The van der Waals surface area contributed by atoms with Crippen LogP contribution in [0.4, 0.5) is 5.69 Å². The van der Waals surface area contributed by atoms with Crippen LogP contribution in [0.1, 0.15) is 114 Å². The summed E-state index contributed by atoms with van der Waals surface area (Å²) in [7, 11) is -3.94. The Morgan fingerprint density at radius 2 is 1.88 bits per heavy atom. The van der Waals surface area contributed by atoms with Crippen LogP contribution < -0.4 is 14.9 Å². The van der Waals surface area contributed by atoms with E-state index >= 15 is 0 Å². The van der Waals surface area contributed by atoms with Gasteiger partial charge in [-0.25, -0.2) is 13.1 Å². The lowest BCUT2D eigenvalue weighted by atomic mass is 9.62. The Hall–Kier alpha value is -1.91. The van der Waals surface area contributed by atoms with Crippen molar-refractivity contribution in [2.45, 2.75) is 121 Å². The molecule has 0 spiro atoms. The Morgan fingerprint density at radius 3 is 2.59 bits per heavy atom. The third-order valence-electron chi connectivity index (χ3n) is 13.6. The van der Waals surface area contributed by atoms with Gasteiger partial charge in [0.25, 0.3) is 5.91 Å². The number of nitrogens with zero attached hydrogens (tertiary/aromatic N) is 1. The highest BCUT2D eigenvalue weighted by Crippen LogP contribution is 2.49. The van der Waals surface area contributed by atoms with Crippen LogP contribution in [0.5, 0.6) is 0 Å². The van der Waals surface area contributed by atoms with E-state index in [0.717, 1.165) is 62.2 Å². The van der Waals surface area contributed by atoms with Gasteiger partial charge in [0.1, 0.15) is 0 Å². The Bertz CT molecular complexity index is 1600. The topological polar surface area (TPSA) is 119 Å². The maximum atomic E-state index is 13.6. The quantitative estimate of drug-likeness (QED) is 0.225. The van der Waals surface area contributed by atoms with Crippen molar-refractivity contribution >= 4 is 33.2 Å². The Kier molecular flexibility index (Phi) is 12.0. The van der Waals surface area contributed by atoms with Gasteiger partial charge in [-0.2, -0.15) is 0 Å². The standard InChI is InChI=1S/C41H62ClN3O5S/c1-27-9-11-31(19-27)22-43-24-41(48)18-5-7-28(2)30(4)51(49,50)44-39(47)33-12-10-29(3)38(21-33)45(23-34-13-15-37(34)41)25-40(26-46)17-6-8-32-20-35(42)14-16-36(32)40/h10,12,14,16,21,27-28,30-31,34-35,37,43,46,48H,5-9,11,13,15,17-20,22-26H2,1-4H3,(H,44,47)/t27-,28-,30+,31+,34-,35?,37+,40-,41+/m0/s1. The number of aryl methyl sites for hydroxylation is 1. The molecule has 0 aromatic heterocycles. The highest BCUT2D eigenvalue weighted by molar-refractivity contribution is 7.90. The zero-order chi connectivity index (χ0) is 36.6. The number of fused-ring (bicyclic) bond motifs is 3. The van der Waals surface area contributed by atoms with E-state index in [1.165, 1.54) is 30.4 Å². The molecule has 1 aliphatic heterocycles. The fourth-order valence-electron chi connectivity index (χ4n) is 10.1. The van der Waals surface area contributed by atoms with E-state index in [2.05, 4.69) is 27.9 Å². The zero-order valence-corrected chi connectivity index (χ0v) is 32.9. The van der Waals surface area contributed by atoms with Crippen LogP contribution in [0, 0.1) is 41.9 Å². The molecule has 1 heterocycles. The lowest BCUT2D eigenvalue weighted by molar-refractivity contribution is -0.0870. The van der Waals surface area contributed by atoms with Crippen molar-refractivity contribution in [1.29, 1.82) is 0 Å². The molecule has 1 aromatic carbocycles. The van der Waals surface area contributed by atoms with Crippen molar-refractivity contribution in [2.75, 3.05) is 37.7 Å². The molecule has 0 radical (unpaired) electrons. The molecule has 2 fully saturated rings. The second-order valence-corrected chi connectivity index (χ2v) is 19.9. The lowest BCUT2D eigenvalue weighted by Crippen LogP contribution is -2.56. The van der Waals surface area contributed by atoms with Gasteiger partial charge in [-0.05, 0) is 137 Å². The highest BCUT2D eigenvalue weighted by atomic mass is 35.5. The van der Waals surface area contributed by atoms with Gasteiger partial charge in [-0.15, -0.1) is 11.6 Å². The molecule has 1 unspecified atom stereocenters. The second kappa shape index (κ2) is 15.8. The number of carbonyl (C=O) groups is 1. The average Bonchev–Trinajstić information content (AvgIpc) is 3.49. The fourth-order valence-corrected chi connectivity index (χ4v) is 11.7. The first-order chi connectivity index (χ1) is 24.2. The summed E-state index contributed by atoms with van der Waals surface area (Å²) in [5.74, 6) is 0.912. The molecule has 0 saturated heterocycles. The summed E-state index contributed by atoms with van der Waals surface area (Å²) in [5, 5.41) is 26.8. The van der Waals surface area contributed by atoms with E-state index in [-0.39, 0.29) is 29.7 Å². The Balaban J connectivity index is 1.37. The largest absolute Gasteiger partial charge is 0.395 e. The van der Waals surface area contributed by atoms with Crippen LogP contribution >= 0.6 is 11.6 Å². The lowest BCUT2D eigenvalue weighted by Gasteiger charge is -2.51. The third kappa shape index (κ3) is 8.43. The number of hydrogen-bond acceptors (Lipinski definition) is 7. The number of aliphatic hydroxyl groups excluding tert-OH is 1. The van der Waals surface area contributed by atoms with Gasteiger partial charge >= 0.3 is 0 Å². The van der Waals surface area contributed by atoms with E-state index in [4.69, 9.17) is 11.6 Å². The molecule has 2 saturated carbocycles. The molecular formula is C41H62ClN3O5S. The molecule has 9 atom stereocenters. The van der Waals surface area contributed by atoms with Crippen molar-refractivity contribution in [1.82, 2.24) is 10.0 Å². The van der Waals surface area contributed by atoms with Crippen LogP contribution in [0.3, 0.4) is 0 Å². The smallest absolute Gasteiger partial charge is 0.264 e. The van der Waals surface area contributed by atoms with Gasteiger partial charge in [0, 0.05) is 36.3 Å². The number of allylic oxidation sites excluding steroid dienone is 3. The number of nitrogens with one attached hydrogen (secondary N) is 2. The molecule has 51 heavy (non-hydrogen) atoms. The van der Waals surface area contributed by atoms with Crippen molar-refractivity contribution in [3.63, 3.8) is 0 Å². The molecule has 1 amide bonds. The van der Waals surface area contributed by atoms with Crippen LogP contribution in [-0.2, 0) is 10.0 Å². The molecular weight excluding hydrogens is 682 g/mol. The highest BCUT2D eigenvalue weighted by Gasteiger charge is 2.48. The van der Waals surface area contributed by atoms with Crippen molar-refractivity contribution < 1.29 is 23.4 Å². The van der Waals surface area contributed by atoms with E-state index < -0.39 is 32.2 Å². The van der Waals surface area contributed by atoms with Crippen LogP contribution in [0.25, 0.3) is 0 Å². The molecule has 4 aliphatic carbocycles. The summed E-state index contributed by atoms with van der Waals surface area (Å²) in [4.78, 5) is 15.9. The van der Waals surface area contributed by atoms with Crippen molar-refractivity contribution in [3.8, 4) is 0 Å². The number of aliphatic hydroxyl groups is 2. The first-order valence-electron chi connectivity index (χ1n) is 19.7. The number of alkyl halides is 1. The van der Waals surface area contributed by atoms with Gasteiger partial charge < -0.3 is 20.4 Å². The average molecular weight is 744 g/mol. The Labute approximate surface area is 311 Å². The van der Waals surface area contributed by atoms with Crippen LogP contribution in [-0.4, -0.2) is 73.6 Å². The number of anilines is 1. The maximum absolute atomic E-state index is 13.6. The van der Waals surface area contributed by atoms with Gasteiger partial charge in [0.2, 0.25) is 10.0 Å². The van der Waals surface area contributed by atoms with Gasteiger partial charge in [-0.1, -0.05) is 50.5 Å². The molecule has 6 rings (SSSR count). The molecule has 284 valence electrons. The predicted molar refractivity (Wildman–Crippen MR) is 207 cm³/mol. The first kappa shape index (κ1) is 38.8. The summed E-state index contributed by atoms with van der Waals surface area (Å²) in [5.41, 5.74) is 3.24. The minimum Gasteiger partial charge on any atom is -0.395 e. The SMILES string of the molecule is Cc1ccc2cc1N(C[C@]1(CO)CCCC3=C1C=CC(Cl)C3)C[C@@H]1CC[C@H]1[C@](O)(CNC[C@@H]1CC[C@H](C)C1)CCC[C@H](C)[C@@H](C)S(=O)(=O)NC2=O. The zero-order valence-electron chi connectivity index (χ0n) is 31.3. The number of rotatable bonds is 7. The van der Waals surface area contributed by atoms with Crippen LogP contribution in [0.15, 0.2) is 41.5 Å². The summed E-state index contributed by atoms with van der Waals surface area (Å²) in [6.45, 7) is 10.6. The molecule has 1 aromatic rings. The van der Waals surface area contributed by atoms with E-state index in [9.17, 15) is 23.4 Å². The van der Waals surface area contributed by atoms with Gasteiger partial charge in [0.15, 0.2) is 0 Å². The van der Waals surface area contributed by atoms with Gasteiger partial charge in [0.05, 0.1) is 22.8 Å². The van der Waals surface area contributed by atoms with E-state index in [1.54, 1.807) is 13.0 Å². The minimum atomic E-state index is -3.94. The summed E-state index contributed by atoms with van der Waals surface area (Å²) in [6, 6.07) is 5.43. The monoisotopic (exact) mass is 743 g/mol. The summed E-state index contributed by atoms with van der Waals surface area (Å²) in [6.07, 6.45) is 15.4. The number of amides is 1. The second-order valence-electron chi connectivity index (χ2n) is 17.3. The number of carbonyl (C=O) groups excluding carboxylic acids is 1. The molecule has 2 bridgehead atoms. The summed E-state index contributed by atoms with van der Waals surface area (Å²) < 4.78 is 29.4. The number of sulfonamides is 1. The fraction of sp³-hybridized carbons (Fsp3) is 0.732. The Morgan fingerprint density at radius 1 is 1.08 bits per heavy atom. The summed E-state index contributed by atoms with van der Waals surface area (Å²) >= 11 is 6.58. The van der Waals surface area contributed by atoms with Gasteiger partial charge in [-0.3, -0.25) is 4.79 Å². The number of halogens is 1. The molecule has 8 nitrogen and oxygen atoms in total. The van der Waals surface area contributed by atoms with E-state index in [0.29, 0.717) is 50.4 Å².